The summed E-state index contributed by atoms with van der Waals surface area (Å²) in [5.74, 6) is -1.06. The number of anilines is 1. The third-order valence-electron chi connectivity index (χ3n) is 3.35. The molecule has 96 valence electrons. The van der Waals surface area contributed by atoms with Crippen LogP contribution >= 0.6 is 0 Å². The number of nitrogens with zero attached hydrogens (tertiary/aromatic N) is 3. The highest BCUT2D eigenvalue weighted by atomic mass is 16.2. The lowest BCUT2D eigenvalue weighted by Gasteiger charge is -2.43. The molecule has 5 heteroatoms. The van der Waals surface area contributed by atoms with Crippen LogP contribution in [0.15, 0.2) is 47.7 Å². The van der Waals surface area contributed by atoms with Gasteiger partial charge in [-0.3, -0.25) is 24.4 Å². The Labute approximate surface area is 110 Å². The van der Waals surface area contributed by atoms with Gasteiger partial charge in [-0.25, -0.2) is 0 Å². The first-order valence-corrected chi connectivity index (χ1v) is 6.10. The van der Waals surface area contributed by atoms with Gasteiger partial charge in [0.15, 0.2) is 6.17 Å². The van der Waals surface area contributed by atoms with Gasteiger partial charge in [-0.1, -0.05) is 18.2 Å². The molecule has 2 heterocycles. The maximum atomic E-state index is 12.4. The van der Waals surface area contributed by atoms with Crippen molar-refractivity contribution in [3.8, 4) is 0 Å². The molecule has 0 bridgehead atoms. The number of rotatable bonds is 1. The van der Waals surface area contributed by atoms with E-state index in [9.17, 15) is 9.59 Å². The molecule has 2 aliphatic heterocycles. The van der Waals surface area contributed by atoms with Crippen LogP contribution in [0.2, 0.25) is 0 Å². The van der Waals surface area contributed by atoms with Gasteiger partial charge in [0.1, 0.15) is 5.92 Å². The Morgan fingerprint density at radius 1 is 1.11 bits per heavy atom. The molecule has 0 aromatic heterocycles. The summed E-state index contributed by atoms with van der Waals surface area (Å²) in [6, 6.07) is 9.32. The fourth-order valence-electron chi connectivity index (χ4n) is 2.33. The maximum absolute atomic E-state index is 12.4. The highest BCUT2D eigenvalue weighted by molar-refractivity contribution is 6.13. The van der Waals surface area contributed by atoms with Crippen molar-refractivity contribution < 1.29 is 9.59 Å². The molecule has 0 spiro atoms. The van der Waals surface area contributed by atoms with Crippen LogP contribution in [-0.4, -0.2) is 29.1 Å². The lowest BCUT2D eigenvalue weighted by Crippen LogP contribution is -2.62. The number of aliphatic imine (C=N–C) groups is 1. The average Bonchev–Trinajstić information content (AvgIpc) is 2.46. The number of para-hydroxylation sites is 1. The summed E-state index contributed by atoms with van der Waals surface area (Å²) in [6.45, 7) is 1.64. The van der Waals surface area contributed by atoms with E-state index in [-0.39, 0.29) is 11.8 Å². The summed E-state index contributed by atoms with van der Waals surface area (Å²) in [4.78, 5) is 31.7. The van der Waals surface area contributed by atoms with Crippen LogP contribution < -0.4 is 4.90 Å². The molecule has 1 aromatic carbocycles. The van der Waals surface area contributed by atoms with Gasteiger partial charge in [-0.2, -0.15) is 0 Å². The molecule has 1 fully saturated rings. The van der Waals surface area contributed by atoms with Crippen molar-refractivity contribution in [1.29, 1.82) is 0 Å². The molecule has 19 heavy (non-hydrogen) atoms. The minimum absolute atomic E-state index is 0.190. The number of hydrogen-bond acceptors (Lipinski definition) is 3. The SMILES string of the molecule is CC1C(=O)N2C=CN=CC2N(c2ccccc2)C1=O. The lowest BCUT2D eigenvalue weighted by molar-refractivity contribution is -0.143. The van der Waals surface area contributed by atoms with Crippen molar-refractivity contribution >= 4 is 23.7 Å². The molecule has 2 aliphatic rings. The summed E-state index contributed by atoms with van der Waals surface area (Å²) in [5, 5.41) is 0. The number of carbonyl (C=O) groups excluding carboxylic acids is 2. The van der Waals surface area contributed by atoms with E-state index in [0.717, 1.165) is 5.69 Å². The first-order valence-electron chi connectivity index (χ1n) is 6.10. The van der Waals surface area contributed by atoms with Crippen LogP contribution in [0.1, 0.15) is 6.92 Å². The fourth-order valence-corrected chi connectivity index (χ4v) is 2.33. The Morgan fingerprint density at radius 3 is 2.58 bits per heavy atom. The Kier molecular flexibility index (Phi) is 2.67. The Hall–Kier alpha value is -2.43. The van der Waals surface area contributed by atoms with Gasteiger partial charge in [0.25, 0.3) is 0 Å². The van der Waals surface area contributed by atoms with E-state index in [2.05, 4.69) is 4.99 Å². The van der Waals surface area contributed by atoms with Crippen molar-refractivity contribution in [3.63, 3.8) is 0 Å². The predicted molar refractivity (Wildman–Crippen MR) is 71.4 cm³/mol. The number of amides is 2. The van der Waals surface area contributed by atoms with Crippen LogP contribution in [0.3, 0.4) is 0 Å². The standard InChI is InChI=1S/C14H13N3O2/c1-10-13(18)16-8-7-15-9-12(16)17(14(10)19)11-5-3-2-4-6-11/h2-10,12H,1H3. The zero-order valence-electron chi connectivity index (χ0n) is 10.4. The quantitative estimate of drug-likeness (QED) is 0.712. The smallest absolute Gasteiger partial charge is 0.241 e. The monoisotopic (exact) mass is 255 g/mol. The van der Waals surface area contributed by atoms with Crippen molar-refractivity contribution in [2.45, 2.75) is 13.1 Å². The molecular formula is C14H13N3O2. The average molecular weight is 255 g/mol. The minimum Gasteiger partial charge on any atom is -0.290 e. The zero-order valence-corrected chi connectivity index (χ0v) is 10.4. The second-order valence-electron chi connectivity index (χ2n) is 4.52. The molecular weight excluding hydrogens is 242 g/mol. The van der Waals surface area contributed by atoms with Gasteiger partial charge < -0.3 is 0 Å². The van der Waals surface area contributed by atoms with Crippen LogP contribution in [0.5, 0.6) is 0 Å². The van der Waals surface area contributed by atoms with E-state index in [1.807, 2.05) is 30.3 Å². The summed E-state index contributed by atoms with van der Waals surface area (Å²) < 4.78 is 0. The second-order valence-corrected chi connectivity index (χ2v) is 4.52. The number of carbonyl (C=O) groups is 2. The minimum atomic E-state index is -0.674. The highest BCUT2D eigenvalue weighted by Gasteiger charge is 2.43. The van der Waals surface area contributed by atoms with Gasteiger partial charge in [-0.15, -0.1) is 0 Å². The van der Waals surface area contributed by atoms with Crippen LogP contribution in [0.25, 0.3) is 0 Å². The second kappa shape index (κ2) is 4.35. The van der Waals surface area contributed by atoms with E-state index in [1.54, 1.807) is 35.3 Å². The molecule has 0 N–H and O–H groups in total. The normalized spacial score (nSPS) is 25.7. The van der Waals surface area contributed by atoms with Gasteiger partial charge in [0.05, 0.1) is 0 Å². The molecule has 1 aromatic rings. The van der Waals surface area contributed by atoms with Crippen molar-refractivity contribution in [3.05, 3.63) is 42.7 Å². The molecule has 0 aliphatic carbocycles. The Balaban J connectivity index is 2.07. The predicted octanol–water partition coefficient (Wildman–Crippen LogP) is 1.38. The molecule has 0 radical (unpaired) electrons. The Morgan fingerprint density at radius 2 is 1.84 bits per heavy atom. The summed E-state index contributed by atoms with van der Waals surface area (Å²) in [7, 11) is 0. The van der Waals surface area contributed by atoms with Gasteiger partial charge in [0.2, 0.25) is 11.8 Å². The summed E-state index contributed by atoms with van der Waals surface area (Å²) >= 11 is 0. The van der Waals surface area contributed by atoms with E-state index in [1.165, 1.54) is 0 Å². The largest absolute Gasteiger partial charge is 0.290 e. The summed E-state index contributed by atoms with van der Waals surface area (Å²) in [6.07, 6.45) is 4.31. The topological polar surface area (TPSA) is 53.0 Å². The van der Waals surface area contributed by atoms with Gasteiger partial charge >= 0.3 is 0 Å². The van der Waals surface area contributed by atoms with E-state index in [0.29, 0.717) is 0 Å². The van der Waals surface area contributed by atoms with Gasteiger partial charge in [0, 0.05) is 24.3 Å². The molecule has 2 unspecified atom stereocenters. The van der Waals surface area contributed by atoms with Crippen LogP contribution in [0, 0.1) is 5.92 Å². The van der Waals surface area contributed by atoms with E-state index in [4.69, 9.17) is 0 Å². The van der Waals surface area contributed by atoms with Crippen molar-refractivity contribution in [1.82, 2.24) is 4.90 Å². The zero-order chi connectivity index (χ0) is 13.4. The number of benzene rings is 1. The van der Waals surface area contributed by atoms with E-state index < -0.39 is 12.1 Å². The first-order chi connectivity index (χ1) is 9.20. The molecule has 2 amide bonds. The molecule has 3 rings (SSSR count). The molecule has 2 atom stereocenters. The first kappa shape index (κ1) is 11.6. The molecule has 5 nitrogen and oxygen atoms in total. The number of hydrogen-bond donors (Lipinski definition) is 0. The third-order valence-corrected chi connectivity index (χ3v) is 3.35. The lowest BCUT2D eigenvalue weighted by atomic mass is 10.0. The van der Waals surface area contributed by atoms with Crippen molar-refractivity contribution in [2.24, 2.45) is 10.9 Å². The number of fused-ring (bicyclic) bond motifs is 1. The van der Waals surface area contributed by atoms with Crippen molar-refractivity contribution in [2.75, 3.05) is 4.90 Å². The Bertz CT molecular complexity index is 580. The van der Waals surface area contributed by atoms with Gasteiger partial charge in [-0.05, 0) is 19.1 Å². The van der Waals surface area contributed by atoms with E-state index >= 15 is 0 Å². The summed E-state index contributed by atoms with van der Waals surface area (Å²) in [5.41, 5.74) is 0.767. The molecule has 0 saturated carbocycles. The van der Waals surface area contributed by atoms with Crippen LogP contribution in [0.4, 0.5) is 5.69 Å². The van der Waals surface area contributed by atoms with Crippen LogP contribution in [-0.2, 0) is 9.59 Å². The third kappa shape index (κ3) is 1.74. The molecule has 1 saturated heterocycles. The fraction of sp³-hybridized carbons (Fsp3) is 0.214. The highest BCUT2D eigenvalue weighted by Crippen LogP contribution is 2.27. The maximum Gasteiger partial charge on any atom is 0.241 e.